The number of ketones is 2. The number of carbonyl (C=O) groups is 2. The summed E-state index contributed by atoms with van der Waals surface area (Å²) in [6, 6.07) is 2.71. The summed E-state index contributed by atoms with van der Waals surface area (Å²) in [6.07, 6.45) is -3.13. The van der Waals surface area contributed by atoms with Crippen molar-refractivity contribution in [3.05, 3.63) is 29.3 Å². The SMILES string of the molecule is O=C(CC(=O)C1CC1)c1ccc(C(F)(F)F)cc1S. The lowest BCUT2D eigenvalue weighted by Crippen LogP contribution is -2.11. The summed E-state index contributed by atoms with van der Waals surface area (Å²) < 4.78 is 37.4. The van der Waals surface area contributed by atoms with Gasteiger partial charge < -0.3 is 0 Å². The van der Waals surface area contributed by atoms with Gasteiger partial charge in [0.1, 0.15) is 5.78 Å². The van der Waals surface area contributed by atoms with E-state index in [1.165, 1.54) is 0 Å². The van der Waals surface area contributed by atoms with Crippen LogP contribution in [-0.4, -0.2) is 11.6 Å². The molecular formula is C13H11F3O2S. The highest BCUT2D eigenvalue weighted by atomic mass is 32.1. The molecule has 1 fully saturated rings. The summed E-state index contributed by atoms with van der Waals surface area (Å²) in [7, 11) is 0. The molecule has 102 valence electrons. The van der Waals surface area contributed by atoms with Crippen molar-refractivity contribution < 1.29 is 22.8 Å². The molecule has 1 aliphatic rings. The first-order valence-electron chi connectivity index (χ1n) is 5.75. The maximum absolute atomic E-state index is 12.5. The molecule has 1 aliphatic carbocycles. The van der Waals surface area contributed by atoms with Crippen molar-refractivity contribution in [2.75, 3.05) is 0 Å². The summed E-state index contributed by atoms with van der Waals surface area (Å²) in [4.78, 5) is 23.3. The van der Waals surface area contributed by atoms with E-state index in [-0.39, 0.29) is 28.6 Å². The topological polar surface area (TPSA) is 34.1 Å². The molecule has 0 saturated heterocycles. The van der Waals surface area contributed by atoms with Crippen LogP contribution >= 0.6 is 12.6 Å². The van der Waals surface area contributed by atoms with E-state index in [1.807, 2.05) is 0 Å². The predicted molar refractivity (Wildman–Crippen MR) is 65.4 cm³/mol. The van der Waals surface area contributed by atoms with Gasteiger partial charge in [-0.1, -0.05) is 0 Å². The number of hydrogen-bond acceptors (Lipinski definition) is 3. The predicted octanol–water partition coefficient (Wildman–Crippen LogP) is 3.55. The molecule has 1 aromatic rings. The van der Waals surface area contributed by atoms with Crippen molar-refractivity contribution in [2.45, 2.75) is 30.3 Å². The van der Waals surface area contributed by atoms with Gasteiger partial charge in [0, 0.05) is 16.4 Å². The Morgan fingerprint density at radius 2 is 1.89 bits per heavy atom. The molecule has 2 rings (SSSR count). The van der Waals surface area contributed by atoms with Crippen LogP contribution in [0.3, 0.4) is 0 Å². The van der Waals surface area contributed by atoms with Crippen LogP contribution in [0.15, 0.2) is 23.1 Å². The average molecular weight is 288 g/mol. The number of halogens is 3. The average Bonchev–Trinajstić information content (AvgIpc) is 3.10. The fourth-order valence-electron chi connectivity index (χ4n) is 1.75. The third-order valence-corrected chi connectivity index (χ3v) is 3.36. The molecule has 19 heavy (non-hydrogen) atoms. The molecule has 2 nitrogen and oxygen atoms in total. The van der Waals surface area contributed by atoms with Gasteiger partial charge in [0.05, 0.1) is 12.0 Å². The highest BCUT2D eigenvalue weighted by Gasteiger charge is 2.33. The second-order valence-corrected chi connectivity index (χ2v) is 5.05. The van der Waals surface area contributed by atoms with Crippen LogP contribution in [0.4, 0.5) is 13.2 Å². The number of carbonyl (C=O) groups excluding carboxylic acids is 2. The molecule has 0 aromatic heterocycles. The van der Waals surface area contributed by atoms with Gasteiger partial charge in [-0.25, -0.2) is 0 Å². The van der Waals surface area contributed by atoms with E-state index in [2.05, 4.69) is 12.6 Å². The van der Waals surface area contributed by atoms with E-state index in [1.54, 1.807) is 0 Å². The van der Waals surface area contributed by atoms with E-state index < -0.39 is 17.5 Å². The molecule has 1 saturated carbocycles. The monoisotopic (exact) mass is 288 g/mol. The fourth-order valence-corrected chi connectivity index (χ4v) is 2.09. The summed E-state index contributed by atoms with van der Waals surface area (Å²) in [5, 5.41) is 0. The molecule has 0 aliphatic heterocycles. The first kappa shape index (κ1) is 14.1. The van der Waals surface area contributed by atoms with Crippen LogP contribution in [0.2, 0.25) is 0 Å². The molecule has 0 atom stereocenters. The number of alkyl halides is 3. The molecule has 0 radical (unpaired) electrons. The second kappa shape index (κ2) is 5.00. The lowest BCUT2D eigenvalue weighted by Gasteiger charge is -2.09. The number of Topliss-reactive ketones (excluding diaryl/α,β-unsaturated/α-hetero) is 2. The van der Waals surface area contributed by atoms with Crippen molar-refractivity contribution in [1.82, 2.24) is 0 Å². The quantitative estimate of drug-likeness (QED) is 0.522. The van der Waals surface area contributed by atoms with Gasteiger partial charge in [0.25, 0.3) is 0 Å². The minimum atomic E-state index is -4.47. The van der Waals surface area contributed by atoms with Gasteiger partial charge in [-0.05, 0) is 31.0 Å². The van der Waals surface area contributed by atoms with Crippen molar-refractivity contribution in [3.63, 3.8) is 0 Å². The maximum Gasteiger partial charge on any atom is 0.416 e. The van der Waals surface area contributed by atoms with Crippen molar-refractivity contribution in [2.24, 2.45) is 5.92 Å². The van der Waals surface area contributed by atoms with Crippen LogP contribution in [0.1, 0.15) is 35.2 Å². The molecule has 0 N–H and O–H groups in total. The van der Waals surface area contributed by atoms with Gasteiger partial charge in [-0.15, -0.1) is 12.6 Å². The fraction of sp³-hybridized carbons (Fsp3) is 0.385. The van der Waals surface area contributed by atoms with Crippen LogP contribution in [0.5, 0.6) is 0 Å². The minimum Gasteiger partial charge on any atom is -0.299 e. The highest BCUT2D eigenvalue weighted by Crippen LogP contribution is 2.33. The van der Waals surface area contributed by atoms with E-state index in [0.717, 1.165) is 31.0 Å². The summed E-state index contributed by atoms with van der Waals surface area (Å²) in [5.74, 6) is -0.657. The first-order chi connectivity index (χ1) is 8.79. The summed E-state index contributed by atoms with van der Waals surface area (Å²) in [5.41, 5.74) is -0.798. The third kappa shape index (κ3) is 3.37. The zero-order chi connectivity index (χ0) is 14.2. The molecule has 0 heterocycles. The third-order valence-electron chi connectivity index (χ3n) is 2.99. The molecule has 0 spiro atoms. The number of hydrogen-bond donors (Lipinski definition) is 1. The van der Waals surface area contributed by atoms with Crippen LogP contribution in [0, 0.1) is 5.92 Å². The zero-order valence-corrected chi connectivity index (χ0v) is 10.7. The Morgan fingerprint density at radius 1 is 1.26 bits per heavy atom. The van der Waals surface area contributed by atoms with Gasteiger partial charge in [0.15, 0.2) is 5.78 Å². The van der Waals surface area contributed by atoms with E-state index in [9.17, 15) is 22.8 Å². The molecule has 0 amide bonds. The normalized spacial score (nSPS) is 15.4. The standard InChI is InChI=1S/C13H11F3O2S/c14-13(15,16)8-3-4-9(12(19)5-8)11(18)6-10(17)7-1-2-7/h3-5,7,19H,1-2,6H2. The Bertz CT molecular complexity index is 533. The second-order valence-electron chi connectivity index (χ2n) is 4.57. The Balaban J connectivity index is 2.16. The lowest BCUT2D eigenvalue weighted by atomic mass is 10.0. The van der Waals surface area contributed by atoms with Gasteiger partial charge >= 0.3 is 6.18 Å². The molecule has 6 heteroatoms. The lowest BCUT2D eigenvalue weighted by molar-refractivity contribution is -0.137. The van der Waals surface area contributed by atoms with Gasteiger partial charge in [-0.3, -0.25) is 9.59 Å². The number of thiol groups is 1. The molecule has 1 aromatic carbocycles. The van der Waals surface area contributed by atoms with Gasteiger partial charge in [0.2, 0.25) is 0 Å². The highest BCUT2D eigenvalue weighted by molar-refractivity contribution is 7.80. The Hall–Kier alpha value is -1.30. The molecule has 0 bridgehead atoms. The zero-order valence-electron chi connectivity index (χ0n) is 9.83. The van der Waals surface area contributed by atoms with E-state index in [0.29, 0.717) is 0 Å². The van der Waals surface area contributed by atoms with Gasteiger partial charge in [-0.2, -0.15) is 13.2 Å². The van der Waals surface area contributed by atoms with Crippen molar-refractivity contribution in [1.29, 1.82) is 0 Å². The summed E-state index contributed by atoms with van der Waals surface area (Å²) >= 11 is 3.90. The largest absolute Gasteiger partial charge is 0.416 e. The Kier molecular flexibility index (Phi) is 3.71. The number of rotatable bonds is 4. The van der Waals surface area contributed by atoms with E-state index >= 15 is 0 Å². The van der Waals surface area contributed by atoms with Crippen LogP contribution in [0.25, 0.3) is 0 Å². The first-order valence-corrected chi connectivity index (χ1v) is 6.20. The molecule has 0 unspecified atom stereocenters. The van der Waals surface area contributed by atoms with Crippen LogP contribution in [-0.2, 0) is 11.0 Å². The number of benzene rings is 1. The van der Waals surface area contributed by atoms with Crippen molar-refractivity contribution >= 4 is 24.2 Å². The molecular weight excluding hydrogens is 277 g/mol. The maximum atomic E-state index is 12.5. The van der Waals surface area contributed by atoms with E-state index in [4.69, 9.17) is 0 Å². The van der Waals surface area contributed by atoms with Crippen LogP contribution < -0.4 is 0 Å². The smallest absolute Gasteiger partial charge is 0.299 e. The Labute approximate surface area is 113 Å². The summed E-state index contributed by atoms with van der Waals surface area (Å²) in [6.45, 7) is 0. The van der Waals surface area contributed by atoms with Crippen molar-refractivity contribution in [3.8, 4) is 0 Å². The minimum absolute atomic E-state index is 0.0400. The Morgan fingerprint density at radius 3 is 2.37 bits per heavy atom.